The van der Waals surface area contributed by atoms with E-state index >= 15 is 0 Å². The van der Waals surface area contributed by atoms with Crippen molar-refractivity contribution in [3.05, 3.63) is 83.3 Å². The predicted molar refractivity (Wildman–Crippen MR) is 127 cm³/mol. The molecule has 5 rings (SSSR count). The summed E-state index contributed by atoms with van der Waals surface area (Å²) in [6.45, 7) is 4.62. The number of fused-ring (bicyclic) bond motifs is 2. The normalized spacial score (nSPS) is 14.9. The first-order valence-corrected chi connectivity index (χ1v) is 11.0. The number of hydrogen-bond donors (Lipinski definition) is 1. The number of carbonyl (C=O) groups excluding carboxylic acids is 1. The minimum Gasteiger partial charge on any atom is -0.487 e. The topological polar surface area (TPSA) is 56.1 Å². The van der Waals surface area contributed by atoms with Gasteiger partial charge in [-0.15, -0.1) is 0 Å². The average Bonchev–Trinajstić information content (AvgIpc) is 3.36. The number of benzene rings is 2. The summed E-state index contributed by atoms with van der Waals surface area (Å²) in [6.07, 6.45) is 5.04. The SMILES string of the molecule is Cc1cc2c(c(-c3ccc4nc(C)ccc4c3)c1)OC(CNC(=O)Cc1ccn(C)c1)C2. The molecule has 0 bridgehead atoms. The Labute approximate surface area is 188 Å². The molecule has 3 heterocycles. The number of nitrogens with one attached hydrogen (secondary N) is 1. The number of aryl methyl sites for hydroxylation is 3. The molecule has 32 heavy (non-hydrogen) atoms. The van der Waals surface area contributed by atoms with Crippen LogP contribution in [0.1, 0.15) is 22.4 Å². The Hall–Kier alpha value is -3.60. The molecule has 162 valence electrons. The number of pyridine rings is 1. The minimum atomic E-state index is -0.0601. The molecule has 0 aliphatic carbocycles. The highest BCUT2D eigenvalue weighted by molar-refractivity contribution is 5.86. The van der Waals surface area contributed by atoms with Gasteiger partial charge in [0.05, 0.1) is 18.5 Å². The lowest BCUT2D eigenvalue weighted by molar-refractivity contribution is -0.120. The first-order valence-electron chi connectivity index (χ1n) is 11.0. The molecule has 4 aromatic rings. The van der Waals surface area contributed by atoms with E-state index in [4.69, 9.17) is 4.74 Å². The third kappa shape index (κ3) is 4.11. The summed E-state index contributed by atoms with van der Waals surface area (Å²) >= 11 is 0. The van der Waals surface area contributed by atoms with Gasteiger partial charge in [-0.3, -0.25) is 9.78 Å². The van der Waals surface area contributed by atoms with E-state index in [1.165, 1.54) is 11.1 Å². The molecule has 1 unspecified atom stereocenters. The molecule has 1 N–H and O–H groups in total. The zero-order valence-corrected chi connectivity index (χ0v) is 18.7. The van der Waals surface area contributed by atoms with E-state index in [2.05, 4.69) is 53.6 Å². The summed E-state index contributed by atoms with van der Waals surface area (Å²) in [5, 5.41) is 4.16. The van der Waals surface area contributed by atoms with Gasteiger partial charge in [-0.2, -0.15) is 0 Å². The fourth-order valence-corrected chi connectivity index (χ4v) is 4.46. The van der Waals surface area contributed by atoms with E-state index in [0.717, 1.165) is 45.5 Å². The summed E-state index contributed by atoms with van der Waals surface area (Å²) in [4.78, 5) is 17.0. The van der Waals surface area contributed by atoms with Crippen LogP contribution in [0.3, 0.4) is 0 Å². The monoisotopic (exact) mass is 425 g/mol. The molecule has 0 radical (unpaired) electrons. The Kier molecular flexibility index (Phi) is 5.17. The molecule has 1 aliphatic heterocycles. The van der Waals surface area contributed by atoms with Gasteiger partial charge in [-0.05, 0) is 66.4 Å². The second-order valence-electron chi connectivity index (χ2n) is 8.77. The van der Waals surface area contributed by atoms with Crippen molar-refractivity contribution in [2.45, 2.75) is 32.8 Å². The van der Waals surface area contributed by atoms with Crippen LogP contribution in [0.15, 0.2) is 60.9 Å². The lowest BCUT2D eigenvalue weighted by Crippen LogP contribution is -2.35. The largest absolute Gasteiger partial charge is 0.487 e. The summed E-state index contributed by atoms with van der Waals surface area (Å²) in [5.74, 6) is 0.946. The second-order valence-corrected chi connectivity index (χ2v) is 8.77. The molecular weight excluding hydrogens is 398 g/mol. The highest BCUT2D eigenvalue weighted by Crippen LogP contribution is 2.40. The Morgan fingerprint density at radius 1 is 1.16 bits per heavy atom. The van der Waals surface area contributed by atoms with Gasteiger partial charge in [-0.25, -0.2) is 0 Å². The lowest BCUT2D eigenvalue weighted by atomic mass is 9.96. The third-order valence-electron chi connectivity index (χ3n) is 5.97. The molecule has 1 atom stereocenters. The van der Waals surface area contributed by atoms with Crippen LogP contribution in [0.2, 0.25) is 0 Å². The van der Waals surface area contributed by atoms with Crippen LogP contribution in [-0.2, 0) is 24.7 Å². The maximum Gasteiger partial charge on any atom is 0.224 e. The number of nitrogens with zero attached hydrogens (tertiary/aromatic N) is 2. The highest BCUT2D eigenvalue weighted by Gasteiger charge is 2.27. The van der Waals surface area contributed by atoms with Crippen molar-refractivity contribution < 1.29 is 9.53 Å². The van der Waals surface area contributed by atoms with Crippen molar-refractivity contribution in [1.29, 1.82) is 0 Å². The van der Waals surface area contributed by atoms with Gasteiger partial charge in [0.15, 0.2) is 0 Å². The van der Waals surface area contributed by atoms with Gasteiger partial charge in [0.25, 0.3) is 0 Å². The van der Waals surface area contributed by atoms with E-state index in [0.29, 0.717) is 13.0 Å². The Morgan fingerprint density at radius 3 is 2.84 bits per heavy atom. The van der Waals surface area contributed by atoms with Gasteiger partial charge in [0.2, 0.25) is 5.91 Å². The van der Waals surface area contributed by atoms with Gasteiger partial charge in [0, 0.05) is 42.5 Å². The maximum absolute atomic E-state index is 12.4. The van der Waals surface area contributed by atoms with Crippen molar-refractivity contribution in [2.24, 2.45) is 7.05 Å². The molecule has 1 amide bonds. The smallest absolute Gasteiger partial charge is 0.224 e. The fourth-order valence-electron chi connectivity index (χ4n) is 4.46. The molecule has 5 heteroatoms. The standard InChI is InChI=1S/C27H27N3O2/c1-17-10-22-14-23(15-28-26(31)12-19-8-9-30(3)16-19)32-27(22)24(11-17)20-6-7-25-21(13-20)5-4-18(2)29-25/h4-11,13,16,23H,12,14-15H2,1-3H3,(H,28,31). The molecule has 5 nitrogen and oxygen atoms in total. The van der Waals surface area contributed by atoms with Crippen molar-refractivity contribution in [3.63, 3.8) is 0 Å². The number of amides is 1. The number of rotatable bonds is 5. The van der Waals surface area contributed by atoms with Gasteiger partial charge < -0.3 is 14.6 Å². The number of ether oxygens (including phenoxy) is 1. The second kappa shape index (κ2) is 8.15. The first-order chi connectivity index (χ1) is 15.4. The van der Waals surface area contributed by atoms with Crippen LogP contribution in [0.25, 0.3) is 22.0 Å². The van der Waals surface area contributed by atoms with Gasteiger partial charge >= 0.3 is 0 Å². The molecular formula is C27H27N3O2. The Balaban J connectivity index is 1.33. The quantitative estimate of drug-likeness (QED) is 0.512. The molecule has 0 spiro atoms. The van der Waals surface area contributed by atoms with Crippen molar-refractivity contribution in [3.8, 4) is 16.9 Å². The molecule has 2 aromatic heterocycles. The van der Waals surface area contributed by atoms with E-state index in [1.54, 1.807) is 0 Å². The van der Waals surface area contributed by atoms with Crippen LogP contribution in [-0.4, -0.2) is 28.1 Å². The minimum absolute atomic E-state index is 0.0180. The van der Waals surface area contributed by atoms with E-state index in [-0.39, 0.29) is 12.0 Å². The van der Waals surface area contributed by atoms with Crippen LogP contribution < -0.4 is 10.1 Å². The number of carbonyl (C=O) groups is 1. The van der Waals surface area contributed by atoms with Gasteiger partial charge in [-0.1, -0.05) is 18.2 Å². The molecule has 0 saturated heterocycles. The van der Waals surface area contributed by atoms with Crippen LogP contribution in [0, 0.1) is 13.8 Å². The summed E-state index contributed by atoms with van der Waals surface area (Å²) in [7, 11) is 1.96. The third-order valence-corrected chi connectivity index (χ3v) is 5.97. The lowest BCUT2D eigenvalue weighted by Gasteiger charge is -2.14. The van der Waals surface area contributed by atoms with E-state index in [9.17, 15) is 4.79 Å². The zero-order chi connectivity index (χ0) is 22.2. The highest BCUT2D eigenvalue weighted by atomic mass is 16.5. The molecule has 0 fully saturated rings. The predicted octanol–water partition coefficient (Wildman–Crippen LogP) is 4.52. The first kappa shape index (κ1) is 20.3. The number of aromatic nitrogens is 2. The van der Waals surface area contributed by atoms with Gasteiger partial charge in [0.1, 0.15) is 11.9 Å². The summed E-state index contributed by atoms with van der Waals surface area (Å²) in [5.41, 5.74) is 7.65. The van der Waals surface area contributed by atoms with Crippen LogP contribution >= 0.6 is 0 Å². The fraction of sp³-hybridized carbons (Fsp3) is 0.259. The van der Waals surface area contributed by atoms with Crippen molar-refractivity contribution in [1.82, 2.24) is 14.9 Å². The Morgan fingerprint density at radius 2 is 2.03 bits per heavy atom. The van der Waals surface area contributed by atoms with E-state index in [1.807, 2.05) is 43.1 Å². The molecule has 2 aromatic carbocycles. The summed E-state index contributed by atoms with van der Waals surface area (Å²) < 4.78 is 8.30. The van der Waals surface area contributed by atoms with E-state index < -0.39 is 0 Å². The molecule has 1 aliphatic rings. The Bertz CT molecular complexity index is 1320. The van der Waals surface area contributed by atoms with Crippen molar-refractivity contribution in [2.75, 3.05) is 6.54 Å². The molecule has 0 saturated carbocycles. The van der Waals surface area contributed by atoms with Crippen LogP contribution in [0.4, 0.5) is 0 Å². The van der Waals surface area contributed by atoms with Crippen LogP contribution in [0.5, 0.6) is 5.75 Å². The summed E-state index contributed by atoms with van der Waals surface area (Å²) in [6, 6.07) is 16.9. The van der Waals surface area contributed by atoms with Crippen molar-refractivity contribution >= 4 is 16.8 Å². The average molecular weight is 426 g/mol. The maximum atomic E-state index is 12.4. The number of hydrogen-bond acceptors (Lipinski definition) is 3. The zero-order valence-electron chi connectivity index (χ0n) is 18.7.